The first-order valence-corrected chi connectivity index (χ1v) is 6.21. The molecule has 0 unspecified atom stereocenters. The Kier molecular flexibility index (Phi) is 2.88. The zero-order valence-corrected chi connectivity index (χ0v) is 11.0. The fourth-order valence-corrected chi connectivity index (χ4v) is 2.48. The smallest absolute Gasteiger partial charge is 0.184 e. The second-order valence-electron chi connectivity index (χ2n) is 4.00. The van der Waals surface area contributed by atoms with E-state index in [1.807, 2.05) is 0 Å². The van der Waals surface area contributed by atoms with Crippen molar-refractivity contribution in [1.29, 1.82) is 0 Å². The van der Waals surface area contributed by atoms with Gasteiger partial charge in [0.05, 0.1) is 11.2 Å². The van der Waals surface area contributed by atoms with Crippen molar-refractivity contribution in [2.45, 2.75) is 0 Å². The van der Waals surface area contributed by atoms with Crippen LogP contribution >= 0.6 is 23.8 Å². The van der Waals surface area contributed by atoms with Crippen molar-refractivity contribution in [2.24, 2.45) is 0 Å². The molecule has 2 nitrogen and oxygen atoms in total. The Labute approximate surface area is 117 Å². The third-order valence-corrected chi connectivity index (χ3v) is 3.32. The van der Waals surface area contributed by atoms with Crippen LogP contribution in [0, 0.1) is 16.4 Å². The fraction of sp³-hybridized carbons (Fsp3) is 0. The summed E-state index contributed by atoms with van der Waals surface area (Å²) in [6, 6.07) is 9.28. The topological polar surface area (TPSA) is 20.7 Å². The molecule has 0 atom stereocenters. The van der Waals surface area contributed by atoms with Gasteiger partial charge in [-0.05, 0) is 42.5 Å². The summed E-state index contributed by atoms with van der Waals surface area (Å²) in [6.45, 7) is 0. The lowest BCUT2D eigenvalue weighted by atomic mass is 10.2. The number of nitrogens with zero attached hydrogens (tertiary/aromatic N) is 1. The summed E-state index contributed by atoms with van der Waals surface area (Å²) < 4.78 is 29.0. The van der Waals surface area contributed by atoms with Gasteiger partial charge in [-0.15, -0.1) is 0 Å². The molecule has 0 amide bonds. The Morgan fingerprint density at radius 2 is 1.95 bits per heavy atom. The lowest BCUT2D eigenvalue weighted by Gasteiger charge is -2.05. The number of hydrogen-bond acceptors (Lipinski definition) is 1. The minimum absolute atomic E-state index is 0.0762. The molecule has 0 aliphatic heterocycles. The van der Waals surface area contributed by atoms with Crippen molar-refractivity contribution in [3.05, 3.63) is 57.8 Å². The van der Waals surface area contributed by atoms with Crippen molar-refractivity contribution in [3.63, 3.8) is 0 Å². The highest BCUT2D eigenvalue weighted by atomic mass is 35.5. The third-order valence-electron chi connectivity index (χ3n) is 2.80. The van der Waals surface area contributed by atoms with Gasteiger partial charge in [0.2, 0.25) is 0 Å². The minimum atomic E-state index is -0.940. The molecule has 0 aliphatic carbocycles. The number of aromatic amines is 1. The average Bonchev–Trinajstić information content (AvgIpc) is 2.71. The first-order chi connectivity index (χ1) is 9.08. The maximum absolute atomic E-state index is 14.0. The van der Waals surface area contributed by atoms with E-state index >= 15 is 0 Å². The molecule has 1 aromatic heterocycles. The Balaban J connectivity index is 2.44. The lowest BCUT2D eigenvalue weighted by Crippen LogP contribution is -1.97. The Morgan fingerprint density at radius 3 is 2.68 bits per heavy atom. The molecular formula is C13H7ClF2N2S. The average molecular weight is 297 g/mol. The summed E-state index contributed by atoms with van der Waals surface area (Å²) >= 11 is 11.1. The Bertz CT molecular complexity index is 838. The fourth-order valence-electron chi connectivity index (χ4n) is 1.99. The van der Waals surface area contributed by atoms with Gasteiger partial charge < -0.3 is 4.98 Å². The number of aromatic nitrogens is 2. The Hall–Kier alpha value is -1.72. The van der Waals surface area contributed by atoms with Crippen LogP contribution in [0.2, 0.25) is 5.02 Å². The molecule has 2 aromatic carbocycles. The number of rotatable bonds is 1. The van der Waals surface area contributed by atoms with E-state index in [0.717, 1.165) is 6.07 Å². The SMILES string of the molecule is Fc1ccc2[nH]c(=S)n(-c3cccc(Cl)c3)c2c1F. The van der Waals surface area contributed by atoms with Gasteiger partial charge in [-0.2, -0.15) is 0 Å². The normalized spacial score (nSPS) is 11.1. The number of benzene rings is 2. The highest BCUT2D eigenvalue weighted by Gasteiger charge is 2.14. The highest BCUT2D eigenvalue weighted by molar-refractivity contribution is 7.71. The van der Waals surface area contributed by atoms with E-state index in [1.54, 1.807) is 24.3 Å². The van der Waals surface area contributed by atoms with Gasteiger partial charge in [0.15, 0.2) is 16.4 Å². The van der Waals surface area contributed by atoms with Crippen LogP contribution in [0.3, 0.4) is 0 Å². The lowest BCUT2D eigenvalue weighted by molar-refractivity contribution is 0.514. The molecule has 0 saturated heterocycles. The maximum atomic E-state index is 14.0. The molecule has 96 valence electrons. The summed E-state index contributed by atoms with van der Waals surface area (Å²) in [4.78, 5) is 2.84. The van der Waals surface area contributed by atoms with E-state index in [-0.39, 0.29) is 10.3 Å². The molecule has 0 radical (unpaired) electrons. The van der Waals surface area contributed by atoms with Crippen molar-refractivity contribution in [3.8, 4) is 5.69 Å². The minimum Gasteiger partial charge on any atom is -0.330 e. The van der Waals surface area contributed by atoms with Crippen LogP contribution in [0.1, 0.15) is 0 Å². The maximum Gasteiger partial charge on any atom is 0.184 e. The molecule has 1 N–H and O–H groups in total. The first kappa shape index (κ1) is 12.3. The van der Waals surface area contributed by atoms with Crippen LogP contribution < -0.4 is 0 Å². The second kappa shape index (κ2) is 4.43. The largest absolute Gasteiger partial charge is 0.330 e. The summed E-state index contributed by atoms with van der Waals surface area (Å²) in [6.07, 6.45) is 0. The zero-order chi connectivity index (χ0) is 13.6. The van der Waals surface area contributed by atoms with E-state index in [4.69, 9.17) is 23.8 Å². The molecule has 1 heterocycles. The summed E-state index contributed by atoms with van der Waals surface area (Å²) in [7, 11) is 0. The molecule has 0 bridgehead atoms. The van der Waals surface area contributed by atoms with E-state index in [1.165, 1.54) is 10.6 Å². The van der Waals surface area contributed by atoms with E-state index in [9.17, 15) is 8.78 Å². The molecule has 0 fully saturated rings. The van der Waals surface area contributed by atoms with Crippen LogP contribution in [0.4, 0.5) is 8.78 Å². The number of fused-ring (bicyclic) bond motifs is 1. The van der Waals surface area contributed by atoms with Gasteiger partial charge >= 0.3 is 0 Å². The Morgan fingerprint density at radius 1 is 1.16 bits per heavy atom. The van der Waals surface area contributed by atoms with Crippen molar-refractivity contribution >= 4 is 34.9 Å². The van der Waals surface area contributed by atoms with Gasteiger partial charge in [-0.25, -0.2) is 8.78 Å². The molecule has 0 spiro atoms. The standard InChI is InChI=1S/C13H7ClF2N2S/c14-7-2-1-3-8(6-7)18-12-10(17-13(18)19)5-4-9(15)11(12)16/h1-6H,(H,17,19). The van der Waals surface area contributed by atoms with Gasteiger partial charge in [0.25, 0.3) is 0 Å². The van der Waals surface area contributed by atoms with Crippen molar-refractivity contribution < 1.29 is 8.78 Å². The van der Waals surface area contributed by atoms with Gasteiger partial charge in [0.1, 0.15) is 5.52 Å². The van der Waals surface area contributed by atoms with E-state index < -0.39 is 11.6 Å². The van der Waals surface area contributed by atoms with Gasteiger partial charge in [-0.1, -0.05) is 17.7 Å². The van der Waals surface area contributed by atoms with Crippen LogP contribution in [0.25, 0.3) is 16.7 Å². The van der Waals surface area contributed by atoms with E-state index in [0.29, 0.717) is 16.2 Å². The number of halogens is 3. The highest BCUT2D eigenvalue weighted by Crippen LogP contribution is 2.25. The van der Waals surface area contributed by atoms with Crippen molar-refractivity contribution in [1.82, 2.24) is 9.55 Å². The number of nitrogens with one attached hydrogen (secondary N) is 1. The predicted molar refractivity (Wildman–Crippen MR) is 73.4 cm³/mol. The summed E-state index contributed by atoms with van der Waals surface area (Å²) in [5, 5.41) is 0.491. The molecular weight excluding hydrogens is 290 g/mol. The zero-order valence-electron chi connectivity index (χ0n) is 9.45. The predicted octanol–water partition coefficient (Wildman–Crippen LogP) is 4.62. The van der Waals surface area contributed by atoms with E-state index in [2.05, 4.69) is 4.98 Å². The summed E-state index contributed by atoms with van der Waals surface area (Å²) in [5.41, 5.74) is 1.09. The molecule has 3 aromatic rings. The van der Waals surface area contributed by atoms with Gasteiger partial charge in [-0.3, -0.25) is 4.57 Å². The van der Waals surface area contributed by atoms with Gasteiger partial charge in [0, 0.05) is 5.02 Å². The third kappa shape index (κ3) is 1.95. The molecule has 19 heavy (non-hydrogen) atoms. The van der Waals surface area contributed by atoms with Crippen molar-refractivity contribution in [2.75, 3.05) is 0 Å². The monoisotopic (exact) mass is 296 g/mol. The molecule has 0 saturated carbocycles. The van der Waals surface area contributed by atoms with Crippen LogP contribution in [-0.4, -0.2) is 9.55 Å². The molecule has 6 heteroatoms. The summed E-state index contributed by atoms with van der Waals surface area (Å²) in [5.74, 6) is -1.86. The number of H-pyrrole nitrogens is 1. The quantitative estimate of drug-likeness (QED) is 0.650. The first-order valence-electron chi connectivity index (χ1n) is 5.42. The number of imidazole rings is 1. The number of hydrogen-bond donors (Lipinski definition) is 1. The van der Waals surface area contributed by atoms with Crippen LogP contribution in [0.5, 0.6) is 0 Å². The van der Waals surface area contributed by atoms with Crippen LogP contribution in [0.15, 0.2) is 36.4 Å². The second-order valence-corrected chi connectivity index (χ2v) is 4.83. The molecule has 3 rings (SSSR count). The van der Waals surface area contributed by atoms with Crippen LogP contribution in [-0.2, 0) is 0 Å². The molecule has 0 aliphatic rings.